The molecule has 0 fully saturated rings. The van der Waals surface area contributed by atoms with Crippen molar-refractivity contribution in [3.8, 4) is 0 Å². The lowest BCUT2D eigenvalue weighted by molar-refractivity contribution is 0.0955. The van der Waals surface area contributed by atoms with Gasteiger partial charge in [0.25, 0.3) is 5.91 Å². The van der Waals surface area contributed by atoms with Gasteiger partial charge in [-0.15, -0.1) is 0 Å². The molecule has 3 aromatic rings. The Bertz CT molecular complexity index is 1040. The first-order chi connectivity index (χ1) is 13.6. The third-order valence-corrected chi connectivity index (χ3v) is 4.86. The fourth-order valence-corrected chi connectivity index (χ4v) is 3.28. The zero-order chi connectivity index (χ0) is 19.5. The minimum Gasteiger partial charge on any atom is -0.363 e. The van der Waals surface area contributed by atoms with E-state index in [0.717, 1.165) is 18.7 Å². The number of hydrogen-bond acceptors (Lipinski definition) is 3. The van der Waals surface area contributed by atoms with Crippen LogP contribution in [0.2, 0.25) is 0 Å². The predicted octanol–water partition coefficient (Wildman–Crippen LogP) is 4.42. The van der Waals surface area contributed by atoms with E-state index in [-0.39, 0.29) is 11.7 Å². The fourth-order valence-electron chi connectivity index (χ4n) is 3.28. The molecule has 1 N–H and O–H groups in total. The molecule has 0 aromatic heterocycles. The van der Waals surface area contributed by atoms with Gasteiger partial charge in [-0.3, -0.25) is 4.79 Å². The molecule has 0 radical (unpaired) electrons. The topological polar surface area (TPSA) is 44.7 Å². The Balaban J connectivity index is 1.44. The van der Waals surface area contributed by atoms with E-state index in [4.69, 9.17) is 0 Å². The zero-order valence-electron chi connectivity index (χ0n) is 15.5. The second kappa shape index (κ2) is 7.64. The predicted molar refractivity (Wildman–Crippen MR) is 109 cm³/mol. The number of amides is 1. The SMILES string of the molecule is Cc1ccc(N2Cc3ccc(C(=O)N/N=C/c4ccccc4F)cc3C2)cc1. The summed E-state index contributed by atoms with van der Waals surface area (Å²) in [5.74, 6) is -0.696. The standard InChI is InChI=1S/C23H20FN3O/c1-16-6-10-21(11-7-16)27-14-19-9-8-17(12-20(19)15-27)23(28)26-25-13-18-4-2-3-5-22(18)24/h2-13H,14-15H2,1H3,(H,26,28)/b25-13+. The van der Waals surface area contributed by atoms with Gasteiger partial charge in [0.2, 0.25) is 0 Å². The molecule has 3 aromatic carbocycles. The first-order valence-electron chi connectivity index (χ1n) is 9.11. The highest BCUT2D eigenvalue weighted by Crippen LogP contribution is 2.29. The van der Waals surface area contributed by atoms with Crippen LogP contribution in [-0.4, -0.2) is 12.1 Å². The summed E-state index contributed by atoms with van der Waals surface area (Å²) in [7, 11) is 0. The van der Waals surface area contributed by atoms with E-state index in [9.17, 15) is 9.18 Å². The number of rotatable bonds is 4. The first kappa shape index (κ1) is 17.9. The Kier molecular flexibility index (Phi) is 4.89. The van der Waals surface area contributed by atoms with Gasteiger partial charge in [0.05, 0.1) is 6.21 Å². The number of carbonyl (C=O) groups excluding carboxylic acids is 1. The van der Waals surface area contributed by atoms with Crippen LogP contribution in [0.5, 0.6) is 0 Å². The third kappa shape index (κ3) is 3.78. The lowest BCUT2D eigenvalue weighted by Gasteiger charge is -2.17. The maximum Gasteiger partial charge on any atom is 0.271 e. The lowest BCUT2D eigenvalue weighted by Crippen LogP contribution is -2.18. The second-order valence-corrected chi connectivity index (χ2v) is 6.90. The number of fused-ring (bicyclic) bond motifs is 1. The normalized spacial score (nSPS) is 13.0. The van der Waals surface area contributed by atoms with Crippen LogP contribution in [0.3, 0.4) is 0 Å². The van der Waals surface area contributed by atoms with Crippen LogP contribution in [0.15, 0.2) is 71.8 Å². The number of nitrogens with zero attached hydrogens (tertiary/aromatic N) is 2. The Morgan fingerprint density at radius 1 is 1.04 bits per heavy atom. The number of anilines is 1. The van der Waals surface area contributed by atoms with Crippen molar-refractivity contribution < 1.29 is 9.18 Å². The van der Waals surface area contributed by atoms with Crippen molar-refractivity contribution in [1.82, 2.24) is 5.43 Å². The van der Waals surface area contributed by atoms with Crippen molar-refractivity contribution in [3.63, 3.8) is 0 Å². The quantitative estimate of drug-likeness (QED) is 0.544. The summed E-state index contributed by atoms with van der Waals surface area (Å²) in [5.41, 5.74) is 8.07. The number of carbonyl (C=O) groups is 1. The van der Waals surface area contributed by atoms with Gasteiger partial charge in [0.1, 0.15) is 5.82 Å². The summed E-state index contributed by atoms with van der Waals surface area (Å²) in [6.07, 6.45) is 1.31. The number of nitrogens with one attached hydrogen (secondary N) is 1. The average molecular weight is 373 g/mol. The van der Waals surface area contributed by atoms with E-state index in [2.05, 4.69) is 46.6 Å². The number of hydrazone groups is 1. The molecule has 4 nitrogen and oxygen atoms in total. The molecule has 1 aliphatic rings. The van der Waals surface area contributed by atoms with E-state index in [0.29, 0.717) is 11.1 Å². The van der Waals surface area contributed by atoms with E-state index in [1.807, 2.05) is 12.1 Å². The monoisotopic (exact) mass is 373 g/mol. The molecule has 1 aliphatic heterocycles. The zero-order valence-corrected chi connectivity index (χ0v) is 15.5. The highest BCUT2D eigenvalue weighted by atomic mass is 19.1. The van der Waals surface area contributed by atoms with Crippen LogP contribution in [0.1, 0.15) is 32.6 Å². The second-order valence-electron chi connectivity index (χ2n) is 6.90. The molecular weight excluding hydrogens is 353 g/mol. The molecule has 0 aliphatic carbocycles. The molecule has 4 rings (SSSR count). The number of benzene rings is 3. The molecule has 1 heterocycles. The summed E-state index contributed by atoms with van der Waals surface area (Å²) < 4.78 is 13.6. The van der Waals surface area contributed by atoms with Crippen molar-refractivity contribution in [2.24, 2.45) is 5.10 Å². The largest absolute Gasteiger partial charge is 0.363 e. The summed E-state index contributed by atoms with van der Waals surface area (Å²) in [5, 5.41) is 3.87. The van der Waals surface area contributed by atoms with Gasteiger partial charge in [-0.05, 0) is 48.4 Å². The molecule has 0 bridgehead atoms. The Labute approximate surface area is 163 Å². The fraction of sp³-hybridized carbons (Fsp3) is 0.130. The third-order valence-electron chi connectivity index (χ3n) is 4.86. The molecule has 28 heavy (non-hydrogen) atoms. The van der Waals surface area contributed by atoms with E-state index in [1.54, 1.807) is 24.3 Å². The summed E-state index contributed by atoms with van der Waals surface area (Å²) in [6.45, 7) is 3.66. The first-order valence-corrected chi connectivity index (χ1v) is 9.11. The molecule has 5 heteroatoms. The van der Waals surface area contributed by atoms with Crippen LogP contribution in [0.4, 0.5) is 10.1 Å². The van der Waals surface area contributed by atoms with Gasteiger partial charge < -0.3 is 4.90 Å². The van der Waals surface area contributed by atoms with Gasteiger partial charge in [0, 0.05) is 29.9 Å². The van der Waals surface area contributed by atoms with Gasteiger partial charge in [-0.25, -0.2) is 9.82 Å². The Hall–Kier alpha value is -3.47. The Morgan fingerprint density at radius 2 is 1.79 bits per heavy atom. The Morgan fingerprint density at radius 3 is 2.57 bits per heavy atom. The summed E-state index contributed by atoms with van der Waals surface area (Å²) in [6, 6.07) is 20.4. The maximum atomic E-state index is 13.6. The van der Waals surface area contributed by atoms with Crippen LogP contribution >= 0.6 is 0 Å². The van der Waals surface area contributed by atoms with Crippen molar-refractivity contribution >= 4 is 17.8 Å². The molecule has 0 saturated carbocycles. The van der Waals surface area contributed by atoms with E-state index < -0.39 is 0 Å². The number of halogens is 1. The highest BCUT2D eigenvalue weighted by molar-refractivity contribution is 5.95. The van der Waals surface area contributed by atoms with Crippen molar-refractivity contribution in [1.29, 1.82) is 0 Å². The molecule has 0 unspecified atom stereocenters. The van der Waals surface area contributed by atoms with Crippen molar-refractivity contribution in [3.05, 3.63) is 100 Å². The van der Waals surface area contributed by atoms with Crippen LogP contribution < -0.4 is 10.3 Å². The molecule has 0 spiro atoms. The van der Waals surface area contributed by atoms with Crippen LogP contribution in [0.25, 0.3) is 0 Å². The summed E-state index contributed by atoms with van der Waals surface area (Å²) >= 11 is 0. The van der Waals surface area contributed by atoms with E-state index in [1.165, 1.54) is 29.1 Å². The minimum atomic E-state index is -0.380. The van der Waals surface area contributed by atoms with Gasteiger partial charge in [-0.2, -0.15) is 5.10 Å². The van der Waals surface area contributed by atoms with Gasteiger partial charge in [0.15, 0.2) is 0 Å². The van der Waals surface area contributed by atoms with Crippen LogP contribution in [-0.2, 0) is 13.1 Å². The maximum absolute atomic E-state index is 13.6. The summed E-state index contributed by atoms with van der Waals surface area (Å²) in [4.78, 5) is 14.7. The van der Waals surface area contributed by atoms with Crippen molar-refractivity contribution in [2.75, 3.05) is 4.90 Å². The molecule has 0 saturated heterocycles. The number of hydrogen-bond donors (Lipinski definition) is 1. The van der Waals surface area contributed by atoms with E-state index >= 15 is 0 Å². The minimum absolute atomic E-state index is 0.316. The van der Waals surface area contributed by atoms with Gasteiger partial charge >= 0.3 is 0 Å². The molecule has 0 atom stereocenters. The number of aryl methyl sites for hydroxylation is 1. The molecular formula is C23H20FN3O. The smallest absolute Gasteiger partial charge is 0.271 e. The highest BCUT2D eigenvalue weighted by Gasteiger charge is 2.20. The molecule has 1 amide bonds. The van der Waals surface area contributed by atoms with Crippen LogP contribution in [0, 0.1) is 12.7 Å². The lowest BCUT2D eigenvalue weighted by atomic mass is 10.1. The van der Waals surface area contributed by atoms with Gasteiger partial charge in [-0.1, -0.05) is 42.0 Å². The average Bonchev–Trinajstić information content (AvgIpc) is 3.13. The molecule has 140 valence electrons. The van der Waals surface area contributed by atoms with Crippen molar-refractivity contribution in [2.45, 2.75) is 20.0 Å².